The van der Waals surface area contributed by atoms with E-state index in [2.05, 4.69) is 4.74 Å². The Bertz CT molecular complexity index is 353. The third-order valence-corrected chi connectivity index (χ3v) is 3.39. The minimum absolute atomic E-state index is 0.300. The number of rotatable bonds is 2. The molecule has 5 heteroatoms. The fourth-order valence-electron chi connectivity index (χ4n) is 1.24. The van der Waals surface area contributed by atoms with Crippen molar-refractivity contribution in [3.8, 4) is 0 Å². The van der Waals surface area contributed by atoms with Crippen LogP contribution in [0.2, 0.25) is 0 Å². The average Bonchev–Trinajstić information content (AvgIpc) is 2.62. The molecule has 76 valence electrons. The van der Waals surface area contributed by atoms with Crippen molar-refractivity contribution in [2.45, 2.75) is 5.60 Å². The molecule has 2 rings (SSSR count). The Morgan fingerprint density at radius 3 is 2.86 bits per heavy atom. The van der Waals surface area contributed by atoms with Gasteiger partial charge in [0.25, 0.3) is 0 Å². The molecule has 1 aromatic rings. The van der Waals surface area contributed by atoms with Crippen LogP contribution >= 0.6 is 11.3 Å². The summed E-state index contributed by atoms with van der Waals surface area (Å²) in [6.45, 7) is 0.599. The Balaban J connectivity index is 2.21. The zero-order valence-corrected chi connectivity index (χ0v) is 8.47. The molecule has 1 aliphatic rings. The maximum absolute atomic E-state index is 11.1. The van der Waals surface area contributed by atoms with Gasteiger partial charge in [0.2, 0.25) is 0 Å². The molecule has 0 amide bonds. The molecule has 0 bridgehead atoms. The summed E-state index contributed by atoms with van der Waals surface area (Å²) in [7, 11) is 1.34. The Hall–Kier alpha value is -0.910. The Labute approximate surface area is 85.1 Å². The van der Waals surface area contributed by atoms with E-state index in [-0.39, 0.29) is 5.97 Å². The quantitative estimate of drug-likeness (QED) is 0.738. The molecule has 2 heterocycles. The molecule has 0 unspecified atom stereocenters. The van der Waals surface area contributed by atoms with E-state index < -0.39 is 5.60 Å². The Kier molecular flexibility index (Phi) is 2.30. The topological polar surface area (TPSA) is 55.8 Å². The molecule has 1 fully saturated rings. The lowest BCUT2D eigenvalue weighted by atomic mass is 10.0. The highest BCUT2D eigenvalue weighted by Gasteiger charge is 2.39. The van der Waals surface area contributed by atoms with Gasteiger partial charge in [0.15, 0.2) is 0 Å². The van der Waals surface area contributed by atoms with Crippen molar-refractivity contribution in [1.82, 2.24) is 0 Å². The lowest BCUT2D eigenvalue weighted by molar-refractivity contribution is -0.182. The summed E-state index contributed by atoms with van der Waals surface area (Å²) in [5, 5.41) is 9.88. The van der Waals surface area contributed by atoms with Crippen molar-refractivity contribution in [2.24, 2.45) is 0 Å². The van der Waals surface area contributed by atoms with E-state index in [0.29, 0.717) is 18.1 Å². The molecule has 0 radical (unpaired) electrons. The zero-order valence-electron chi connectivity index (χ0n) is 7.65. The maximum atomic E-state index is 11.1. The fourth-order valence-corrected chi connectivity index (χ4v) is 2.22. The van der Waals surface area contributed by atoms with Crippen LogP contribution in [-0.4, -0.2) is 31.4 Å². The standard InChI is InChI=1S/C9H10O4S/c1-12-8(10)6-2-3-7(14-6)9(11)4-13-5-9/h2-3,11H,4-5H2,1H3. The molecule has 1 aliphatic heterocycles. The molecule has 1 N–H and O–H groups in total. The summed E-state index contributed by atoms with van der Waals surface area (Å²) in [5.74, 6) is -0.370. The third-order valence-electron chi connectivity index (χ3n) is 2.13. The summed E-state index contributed by atoms with van der Waals surface area (Å²) in [5.41, 5.74) is -0.892. The van der Waals surface area contributed by atoms with Crippen LogP contribution in [0.3, 0.4) is 0 Å². The van der Waals surface area contributed by atoms with Crippen LogP contribution in [0.25, 0.3) is 0 Å². The number of hydrogen-bond acceptors (Lipinski definition) is 5. The first-order valence-electron chi connectivity index (χ1n) is 4.14. The van der Waals surface area contributed by atoms with Gasteiger partial charge in [-0.15, -0.1) is 11.3 Å². The van der Waals surface area contributed by atoms with Crippen molar-refractivity contribution in [3.05, 3.63) is 21.9 Å². The summed E-state index contributed by atoms with van der Waals surface area (Å²) in [6.07, 6.45) is 0. The number of hydrogen-bond donors (Lipinski definition) is 1. The number of aliphatic hydroxyl groups is 1. The van der Waals surface area contributed by atoms with Gasteiger partial charge in [-0.3, -0.25) is 0 Å². The van der Waals surface area contributed by atoms with Crippen LogP contribution in [0.4, 0.5) is 0 Å². The number of carbonyl (C=O) groups is 1. The van der Waals surface area contributed by atoms with Crippen LogP contribution in [0.1, 0.15) is 14.5 Å². The third kappa shape index (κ3) is 1.43. The van der Waals surface area contributed by atoms with Crippen molar-refractivity contribution in [2.75, 3.05) is 20.3 Å². The first-order chi connectivity index (χ1) is 6.65. The predicted octanol–water partition coefficient (Wildman–Crippen LogP) is 0.752. The Morgan fingerprint density at radius 1 is 1.64 bits per heavy atom. The maximum Gasteiger partial charge on any atom is 0.348 e. The van der Waals surface area contributed by atoms with Crippen LogP contribution in [0.5, 0.6) is 0 Å². The predicted molar refractivity (Wildman–Crippen MR) is 50.4 cm³/mol. The van der Waals surface area contributed by atoms with E-state index in [1.165, 1.54) is 18.4 Å². The van der Waals surface area contributed by atoms with Crippen molar-refractivity contribution >= 4 is 17.3 Å². The van der Waals surface area contributed by atoms with Gasteiger partial charge in [0, 0.05) is 4.88 Å². The van der Waals surface area contributed by atoms with Crippen LogP contribution in [0.15, 0.2) is 12.1 Å². The van der Waals surface area contributed by atoms with Gasteiger partial charge in [-0.1, -0.05) is 0 Å². The van der Waals surface area contributed by atoms with Crippen molar-refractivity contribution < 1.29 is 19.4 Å². The highest BCUT2D eigenvalue weighted by molar-refractivity contribution is 7.14. The molecule has 0 spiro atoms. The molecule has 0 atom stereocenters. The zero-order chi connectivity index (χ0) is 10.2. The summed E-state index contributed by atoms with van der Waals surface area (Å²) in [4.78, 5) is 12.4. The SMILES string of the molecule is COC(=O)c1ccc(C2(O)COC2)s1. The molecule has 0 saturated carbocycles. The van der Waals surface area contributed by atoms with Gasteiger partial charge >= 0.3 is 5.97 Å². The second kappa shape index (κ2) is 3.34. The number of ether oxygens (including phenoxy) is 2. The first kappa shape index (κ1) is 9.64. The van der Waals surface area contributed by atoms with E-state index in [1.54, 1.807) is 12.1 Å². The van der Waals surface area contributed by atoms with E-state index >= 15 is 0 Å². The Morgan fingerprint density at radius 2 is 2.36 bits per heavy atom. The molecular formula is C9H10O4S. The second-order valence-electron chi connectivity index (χ2n) is 3.18. The van der Waals surface area contributed by atoms with Gasteiger partial charge < -0.3 is 14.6 Å². The minimum Gasteiger partial charge on any atom is -0.465 e. The molecule has 0 aromatic carbocycles. The second-order valence-corrected chi connectivity index (χ2v) is 4.26. The van der Waals surface area contributed by atoms with E-state index in [0.717, 1.165) is 4.88 Å². The van der Waals surface area contributed by atoms with Crippen LogP contribution < -0.4 is 0 Å². The van der Waals surface area contributed by atoms with Crippen molar-refractivity contribution in [3.63, 3.8) is 0 Å². The van der Waals surface area contributed by atoms with Gasteiger partial charge in [0.1, 0.15) is 10.5 Å². The summed E-state index contributed by atoms with van der Waals surface area (Å²) in [6, 6.07) is 3.39. The van der Waals surface area contributed by atoms with Crippen LogP contribution in [0, 0.1) is 0 Å². The fraction of sp³-hybridized carbons (Fsp3) is 0.444. The number of esters is 1. The lowest BCUT2D eigenvalue weighted by Gasteiger charge is -2.35. The summed E-state index contributed by atoms with van der Waals surface area (Å²) >= 11 is 1.24. The number of carbonyl (C=O) groups excluding carboxylic acids is 1. The summed E-state index contributed by atoms with van der Waals surface area (Å²) < 4.78 is 9.50. The molecule has 4 nitrogen and oxygen atoms in total. The average molecular weight is 214 g/mol. The number of methoxy groups -OCH3 is 1. The smallest absolute Gasteiger partial charge is 0.348 e. The first-order valence-corrected chi connectivity index (χ1v) is 4.96. The van der Waals surface area contributed by atoms with E-state index in [4.69, 9.17) is 4.74 Å². The highest BCUT2D eigenvalue weighted by Crippen LogP contribution is 2.34. The molecule has 0 aliphatic carbocycles. The van der Waals surface area contributed by atoms with Gasteiger partial charge in [0.05, 0.1) is 20.3 Å². The highest BCUT2D eigenvalue weighted by atomic mass is 32.1. The van der Waals surface area contributed by atoms with Gasteiger partial charge in [-0.2, -0.15) is 0 Å². The van der Waals surface area contributed by atoms with Gasteiger partial charge in [-0.25, -0.2) is 4.79 Å². The number of thiophene rings is 1. The normalized spacial score (nSPS) is 18.7. The van der Waals surface area contributed by atoms with Gasteiger partial charge in [-0.05, 0) is 12.1 Å². The minimum atomic E-state index is -0.892. The van der Waals surface area contributed by atoms with Crippen LogP contribution in [-0.2, 0) is 15.1 Å². The van der Waals surface area contributed by atoms with E-state index in [9.17, 15) is 9.90 Å². The molecule has 14 heavy (non-hydrogen) atoms. The van der Waals surface area contributed by atoms with E-state index in [1.807, 2.05) is 0 Å². The molecular weight excluding hydrogens is 204 g/mol. The molecule has 1 aromatic heterocycles. The monoisotopic (exact) mass is 214 g/mol. The molecule has 1 saturated heterocycles. The lowest BCUT2D eigenvalue weighted by Crippen LogP contribution is -2.45. The largest absolute Gasteiger partial charge is 0.465 e. The van der Waals surface area contributed by atoms with Crippen molar-refractivity contribution in [1.29, 1.82) is 0 Å².